The van der Waals surface area contributed by atoms with Crippen LogP contribution >= 0.6 is 0 Å². The summed E-state index contributed by atoms with van der Waals surface area (Å²) in [6.45, 7) is 0.236. The molecule has 0 fully saturated rings. The molecule has 28 heavy (non-hydrogen) atoms. The molecule has 1 aromatic heterocycles. The van der Waals surface area contributed by atoms with Crippen LogP contribution in [0, 0.1) is 10.1 Å². The van der Waals surface area contributed by atoms with E-state index in [2.05, 4.69) is 10.6 Å². The maximum atomic E-state index is 13.2. The molecule has 1 aliphatic rings. The number of benzene rings is 2. The summed E-state index contributed by atoms with van der Waals surface area (Å²) in [4.78, 5) is 25.8. The Morgan fingerprint density at radius 1 is 1.21 bits per heavy atom. The minimum absolute atomic E-state index is 0.0499. The molecule has 1 unspecified atom stereocenters. The van der Waals surface area contributed by atoms with Crippen LogP contribution in [0.15, 0.2) is 65.3 Å². The van der Waals surface area contributed by atoms with E-state index in [-0.39, 0.29) is 18.1 Å². The normalized spacial score (nSPS) is 15.7. The highest BCUT2D eigenvalue weighted by atomic mass is 16.6. The Hall–Kier alpha value is -3.81. The number of carbonyl (C=O) groups excluding carboxylic acids is 1. The number of rotatable bonds is 5. The summed E-state index contributed by atoms with van der Waals surface area (Å²) in [5, 5.41) is 17.6. The van der Waals surface area contributed by atoms with Crippen LogP contribution < -0.4 is 10.6 Å². The van der Waals surface area contributed by atoms with Crippen molar-refractivity contribution in [1.82, 2.24) is 4.90 Å². The Bertz CT molecular complexity index is 1030. The summed E-state index contributed by atoms with van der Waals surface area (Å²) in [7, 11) is 1.63. The van der Waals surface area contributed by atoms with Gasteiger partial charge in [0.15, 0.2) is 0 Å². The van der Waals surface area contributed by atoms with Crippen molar-refractivity contribution in [2.75, 3.05) is 17.7 Å². The van der Waals surface area contributed by atoms with Gasteiger partial charge in [0.1, 0.15) is 17.6 Å². The molecule has 8 nitrogen and oxygen atoms in total. The molecule has 0 radical (unpaired) electrons. The predicted octanol–water partition coefficient (Wildman–Crippen LogP) is 4.00. The van der Waals surface area contributed by atoms with E-state index in [1.165, 1.54) is 6.07 Å². The highest BCUT2D eigenvalue weighted by Gasteiger charge is 2.34. The van der Waals surface area contributed by atoms with E-state index in [9.17, 15) is 14.9 Å². The van der Waals surface area contributed by atoms with Gasteiger partial charge in [0.2, 0.25) is 0 Å². The number of nitro benzene ring substituents is 1. The van der Waals surface area contributed by atoms with Gasteiger partial charge in [-0.25, -0.2) is 0 Å². The molecule has 142 valence electrons. The third kappa shape index (κ3) is 3.05. The van der Waals surface area contributed by atoms with Crippen LogP contribution in [0.2, 0.25) is 0 Å². The topological polar surface area (TPSA) is 101 Å². The number of nitrogens with one attached hydrogen (secondary N) is 2. The molecule has 4 rings (SSSR count). The summed E-state index contributed by atoms with van der Waals surface area (Å²) >= 11 is 0. The zero-order chi connectivity index (χ0) is 19.7. The summed E-state index contributed by atoms with van der Waals surface area (Å²) in [5.74, 6) is 0.456. The van der Waals surface area contributed by atoms with Gasteiger partial charge in [-0.3, -0.25) is 14.9 Å². The number of fused-ring (bicyclic) bond motifs is 1. The van der Waals surface area contributed by atoms with Gasteiger partial charge < -0.3 is 20.0 Å². The molecule has 1 amide bonds. The summed E-state index contributed by atoms with van der Waals surface area (Å²) < 4.78 is 5.42. The van der Waals surface area contributed by atoms with Crippen molar-refractivity contribution in [2.45, 2.75) is 12.7 Å². The van der Waals surface area contributed by atoms with E-state index in [0.29, 0.717) is 28.3 Å². The SMILES string of the molecule is CNc1ccc(C2Nc3ccccc3C(=O)N2Cc2ccco2)cc1[N+](=O)[O-]. The Morgan fingerprint density at radius 2 is 2.04 bits per heavy atom. The molecule has 2 heterocycles. The highest BCUT2D eigenvalue weighted by molar-refractivity contribution is 6.01. The fourth-order valence-corrected chi connectivity index (χ4v) is 3.37. The molecule has 3 aromatic rings. The van der Waals surface area contributed by atoms with E-state index in [0.717, 1.165) is 0 Å². The van der Waals surface area contributed by atoms with Crippen molar-refractivity contribution in [3.05, 3.63) is 87.9 Å². The van der Waals surface area contributed by atoms with Crippen molar-refractivity contribution >= 4 is 23.0 Å². The third-order valence-corrected chi connectivity index (χ3v) is 4.73. The maximum absolute atomic E-state index is 13.2. The van der Waals surface area contributed by atoms with Gasteiger partial charge in [0, 0.05) is 24.4 Å². The molecule has 2 N–H and O–H groups in total. The molecule has 0 bridgehead atoms. The van der Waals surface area contributed by atoms with Gasteiger partial charge in [-0.05, 0) is 30.3 Å². The second-order valence-corrected chi connectivity index (χ2v) is 6.39. The minimum Gasteiger partial charge on any atom is -0.467 e. The first-order valence-corrected chi connectivity index (χ1v) is 8.73. The fraction of sp³-hybridized carbons (Fsp3) is 0.150. The smallest absolute Gasteiger partial charge is 0.292 e. The number of amides is 1. The molecule has 0 saturated carbocycles. The Balaban J connectivity index is 1.79. The van der Waals surface area contributed by atoms with Crippen LogP contribution in [0.4, 0.5) is 17.1 Å². The number of para-hydroxylation sites is 1. The lowest BCUT2D eigenvalue weighted by molar-refractivity contribution is -0.384. The van der Waals surface area contributed by atoms with Crippen LogP contribution in [0.3, 0.4) is 0 Å². The zero-order valence-electron chi connectivity index (χ0n) is 15.1. The van der Waals surface area contributed by atoms with Crippen molar-refractivity contribution in [1.29, 1.82) is 0 Å². The lowest BCUT2D eigenvalue weighted by atomic mass is 10.0. The average molecular weight is 378 g/mol. The van der Waals surface area contributed by atoms with Crippen molar-refractivity contribution in [3.8, 4) is 0 Å². The van der Waals surface area contributed by atoms with Gasteiger partial charge >= 0.3 is 0 Å². The lowest BCUT2D eigenvalue weighted by Gasteiger charge is -2.37. The van der Waals surface area contributed by atoms with Crippen molar-refractivity contribution in [3.63, 3.8) is 0 Å². The van der Waals surface area contributed by atoms with E-state index < -0.39 is 11.1 Å². The molecule has 1 aliphatic heterocycles. The van der Waals surface area contributed by atoms with Crippen LogP contribution in [-0.4, -0.2) is 22.8 Å². The number of hydrogen-bond acceptors (Lipinski definition) is 6. The number of anilines is 2. The Kier molecular flexibility index (Phi) is 4.44. The molecular weight excluding hydrogens is 360 g/mol. The Morgan fingerprint density at radius 3 is 2.75 bits per heavy atom. The zero-order valence-corrected chi connectivity index (χ0v) is 15.1. The number of nitrogens with zero attached hydrogens (tertiary/aromatic N) is 2. The summed E-state index contributed by atoms with van der Waals surface area (Å²) in [6, 6.07) is 15.7. The second kappa shape index (κ2) is 7.07. The monoisotopic (exact) mass is 378 g/mol. The maximum Gasteiger partial charge on any atom is 0.292 e. The van der Waals surface area contributed by atoms with E-state index in [1.807, 2.05) is 12.1 Å². The van der Waals surface area contributed by atoms with Crippen LogP contribution in [0.5, 0.6) is 0 Å². The van der Waals surface area contributed by atoms with E-state index in [1.54, 1.807) is 54.6 Å². The number of furan rings is 1. The fourth-order valence-electron chi connectivity index (χ4n) is 3.37. The number of nitro groups is 1. The third-order valence-electron chi connectivity index (χ3n) is 4.73. The number of hydrogen-bond donors (Lipinski definition) is 2. The number of carbonyl (C=O) groups is 1. The quantitative estimate of drug-likeness (QED) is 0.514. The highest BCUT2D eigenvalue weighted by Crippen LogP contribution is 2.36. The standard InChI is InChI=1S/C20H18N4O4/c1-21-17-9-8-13(11-18(17)24(26)27)19-22-16-7-3-2-6-15(16)20(25)23(19)12-14-5-4-10-28-14/h2-11,19,21-22H,12H2,1H3. The first kappa shape index (κ1) is 17.6. The van der Waals surface area contributed by atoms with Crippen LogP contribution in [-0.2, 0) is 6.54 Å². The van der Waals surface area contributed by atoms with Gasteiger partial charge in [0.25, 0.3) is 11.6 Å². The van der Waals surface area contributed by atoms with E-state index >= 15 is 0 Å². The van der Waals surface area contributed by atoms with Crippen molar-refractivity contribution in [2.24, 2.45) is 0 Å². The largest absolute Gasteiger partial charge is 0.467 e. The van der Waals surface area contributed by atoms with Crippen LogP contribution in [0.25, 0.3) is 0 Å². The lowest BCUT2D eigenvalue weighted by Crippen LogP contribution is -2.42. The average Bonchev–Trinajstić information content (AvgIpc) is 3.22. The molecule has 1 atom stereocenters. The van der Waals surface area contributed by atoms with Gasteiger partial charge in [0.05, 0.1) is 23.3 Å². The molecule has 8 heteroatoms. The summed E-state index contributed by atoms with van der Waals surface area (Å²) in [6.07, 6.45) is 0.976. The van der Waals surface area contributed by atoms with E-state index in [4.69, 9.17) is 4.42 Å². The first-order chi connectivity index (χ1) is 13.6. The summed E-state index contributed by atoms with van der Waals surface area (Å²) in [5.41, 5.74) is 2.21. The molecule has 2 aromatic carbocycles. The van der Waals surface area contributed by atoms with Gasteiger partial charge in [-0.15, -0.1) is 0 Å². The minimum atomic E-state index is -0.572. The van der Waals surface area contributed by atoms with Crippen LogP contribution in [0.1, 0.15) is 27.8 Å². The molecular formula is C20H18N4O4. The molecule has 0 spiro atoms. The second-order valence-electron chi connectivity index (χ2n) is 6.39. The molecule has 0 saturated heterocycles. The Labute approximate surface area is 160 Å². The van der Waals surface area contributed by atoms with Gasteiger partial charge in [-0.2, -0.15) is 0 Å². The van der Waals surface area contributed by atoms with Gasteiger partial charge in [-0.1, -0.05) is 18.2 Å². The van der Waals surface area contributed by atoms with Crippen molar-refractivity contribution < 1.29 is 14.1 Å². The predicted molar refractivity (Wildman–Crippen MR) is 104 cm³/mol. The first-order valence-electron chi connectivity index (χ1n) is 8.73. The molecule has 0 aliphatic carbocycles.